The van der Waals surface area contributed by atoms with Crippen LogP contribution in [-0.2, 0) is 20.1 Å². The molecule has 0 N–H and O–H groups in total. The number of hydrogen-bond donors (Lipinski definition) is 0. The van der Waals surface area contributed by atoms with Crippen LogP contribution < -0.4 is 5.19 Å². The van der Waals surface area contributed by atoms with Crippen molar-refractivity contribution in [2.45, 2.75) is 19.6 Å². The molecule has 0 bridgehead atoms. The molecule has 5 heteroatoms. The number of thiophene rings is 1. The molecule has 0 aliphatic carbocycles. The normalized spacial score (nSPS) is 11.0. The van der Waals surface area contributed by atoms with Gasteiger partial charge in [-0.15, -0.1) is 83.1 Å². The van der Waals surface area contributed by atoms with Gasteiger partial charge in [-0.1, -0.05) is 55.2 Å². The summed E-state index contributed by atoms with van der Waals surface area (Å²) in [6.45, 7) is 7.19. The topological polar surface area (TPSA) is 25.8 Å². The summed E-state index contributed by atoms with van der Waals surface area (Å²) < 4.78 is 2.63. The Morgan fingerprint density at radius 2 is 1.36 bits per heavy atom. The van der Waals surface area contributed by atoms with Crippen molar-refractivity contribution in [3.8, 4) is 22.5 Å². The number of benzene rings is 3. The molecular formula is C31H26IrN2SSi-2. The number of hydrogen-bond acceptors (Lipinski definition) is 3. The van der Waals surface area contributed by atoms with Gasteiger partial charge >= 0.3 is 0 Å². The van der Waals surface area contributed by atoms with Crippen LogP contribution in [0.15, 0.2) is 103 Å². The van der Waals surface area contributed by atoms with Crippen molar-refractivity contribution in [3.05, 3.63) is 116 Å². The summed E-state index contributed by atoms with van der Waals surface area (Å²) in [5.41, 5.74) is 4.05. The summed E-state index contributed by atoms with van der Waals surface area (Å²) >= 11 is 1.85. The van der Waals surface area contributed by atoms with Crippen molar-refractivity contribution < 1.29 is 20.1 Å². The SMILES string of the molecule is C[Si](C)(C)c1ccc2c(c1)sc1cnc(-c3[c-]cccc3)cc12.[Ir].[c-]1ccccc1-c1ccccn1. The third kappa shape index (κ3) is 5.88. The van der Waals surface area contributed by atoms with Crippen LogP contribution in [0.5, 0.6) is 0 Å². The average Bonchev–Trinajstić information content (AvgIpc) is 3.27. The Morgan fingerprint density at radius 1 is 0.667 bits per heavy atom. The van der Waals surface area contributed by atoms with E-state index >= 15 is 0 Å². The van der Waals surface area contributed by atoms with Crippen LogP contribution in [0.25, 0.3) is 42.7 Å². The number of pyridine rings is 2. The largest absolute Gasteiger partial charge is 0.305 e. The maximum Gasteiger partial charge on any atom is 0.0776 e. The fourth-order valence-electron chi connectivity index (χ4n) is 3.92. The average molecular weight is 679 g/mol. The molecule has 3 heterocycles. The van der Waals surface area contributed by atoms with Crippen LogP contribution in [0.4, 0.5) is 0 Å². The van der Waals surface area contributed by atoms with E-state index in [0.29, 0.717) is 0 Å². The molecule has 0 unspecified atom stereocenters. The molecule has 0 aliphatic rings. The van der Waals surface area contributed by atoms with Gasteiger partial charge in [-0.2, -0.15) is 0 Å². The second-order valence-corrected chi connectivity index (χ2v) is 15.6. The maximum atomic E-state index is 4.63. The van der Waals surface area contributed by atoms with Gasteiger partial charge < -0.3 is 9.97 Å². The summed E-state index contributed by atoms with van der Waals surface area (Å²) in [5.74, 6) is 0. The van der Waals surface area contributed by atoms with E-state index in [1.54, 1.807) is 6.20 Å². The molecule has 1 radical (unpaired) electrons. The second kappa shape index (κ2) is 11.4. The van der Waals surface area contributed by atoms with Crippen molar-refractivity contribution in [2.75, 3.05) is 0 Å². The molecule has 6 rings (SSSR count). The van der Waals surface area contributed by atoms with E-state index in [-0.39, 0.29) is 20.1 Å². The zero-order valence-corrected chi connectivity index (χ0v) is 24.7. The molecule has 0 fully saturated rings. The van der Waals surface area contributed by atoms with E-state index in [0.717, 1.165) is 22.5 Å². The van der Waals surface area contributed by atoms with Gasteiger partial charge in [-0.3, -0.25) is 0 Å². The van der Waals surface area contributed by atoms with E-state index in [1.807, 2.05) is 78.2 Å². The third-order valence-corrected chi connectivity index (χ3v) is 9.01. The van der Waals surface area contributed by atoms with Gasteiger partial charge in [-0.05, 0) is 34.3 Å². The predicted octanol–water partition coefficient (Wildman–Crippen LogP) is 8.01. The number of aromatic nitrogens is 2. The minimum absolute atomic E-state index is 0. The fourth-order valence-corrected chi connectivity index (χ4v) is 6.28. The van der Waals surface area contributed by atoms with Crippen molar-refractivity contribution in [1.29, 1.82) is 0 Å². The second-order valence-electron chi connectivity index (χ2n) is 9.40. The zero-order chi connectivity index (χ0) is 24.3. The van der Waals surface area contributed by atoms with Gasteiger partial charge in [0.15, 0.2) is 0 Å². The molecule has 36 heavy (non-hydrogen) atoms. The summed E-state index contributed by atoms with van der Waals surface area (Å²) in [7, 11) is -1.28. The Bertz CT molecular complexity index is 1520. The zero-order valence-electron chi connectivity index (χ0n) is 20.5. The Balaban J connectivity index is 0.000000198. The smallest absolute Gasteiger partial charge is 0.0776 e. The van der Waals surface area contributed by atoms with Gasteiger partial charge in [0.05, 0.1) is 12.8 Å². The number of fused-ring (bicyclic) bond motifs is 3. The van der Waals surface area contributed by atoms with E-state index in [4.69, 9.17) is 0 Å². The molecule has 181 valence electrons. The monoisotopic (exact) mass is 679 g/mol. The van der Waals surface area contributed by atoms with Crippen LogP contribution in [-0.4, -0.2) is 18.0 Å². The first-order valence-corrected chi connectivity index (χ1v) is 16.0. The van der Waals surface area contributed by atoms with Crippen LogP contribution >= 0.6 is 11.3 Å². The molecule has 2 nitrogen and oxygen atoms in total. The summed E-state index contributed by atoms with van der Waals surface area (Å²) in [5, 5.41) is 4.15. The van der Waals surface area contributed by atoms with Gasteiger partial charge in [0, 0.05) is 37.2 Å². The van der Waals surface area contributed by atoms with Gasteiger partial charge in [-0.25, -0.2) is 0 Å². The Hall–Kier alpha value is -2.95. The van der Waals surface area contributed by atoms with Crippen molar-refractivity contribution in [1.82, 2.24) is 9.97 Å². The molecule has 6 aromatic rings. The fraction of sp³-hybridized carbons (Fsp3) is 0.0968. The Kier molecular flexibility index (Phi) is 8.27. The van der Waals surface area contributed by atoms with Gasteiger partial charge in [0.2, 0.25) is 0 Å². The van der Waals surface area contributed by atoms with E-state index in [1.165, 1.54) is 25.4 Å². The molecule has 3 aromatic heterocycles. The summed E-state index contributed by atoms with van der Waals surface area (Å²) in [4.78, 5) is 8.85. The van der Waals surface area contributed by atoms with Crippen LogP contribution in [0.3, 0.4) is 0 Å². The van der Waals surface area contributed by atoms with E-state index in [2.05, 4.69) is 72.1 Å². The van der Waals surface area contributed by atoms with Crippen molar-refractivity contribution in [2.24, 2.45) is 0 Å². The maximum absolute atomic E-state index is 4.63. The number of rotatable bonds is 3. The molecule has 0 atom stereocenters. The summed E-state index contributed by atoms with van der Waals surface area (Å²) in [6, 6.07) is 37.3. The molecule has 0 saturated heterocycles. The van der Waals surface area contributed by atoms with Gasteiger partial charge in [0.25, 0.3) is 0 Å². The molecule has 3 aromatic carbocycles. The molecule has 0 amide bonds. The molecule has 0 aliphatic heterocycles. The van der Waals surface area contributed by atoms with Crippen LogP contribution in [0.2, 0.25) is 19.6 Å². The predicted molar refractivity (Wildman–Crippen MR) is 153 cm³/mol. The molecule has 0 saturated carbocycles. The van der Waals surface area contributed by atoms with E-state index in [9.17, 15) is 0 Å². The first kappa shape index (κ1) is 26.1. The first-order chi connectivity index (χ1) is 17.0. The summed E-state index contributed by atoms with van der Waals surface area (Å²) in [6.07, 6.45) is 3.79. The van der Waals surface area contributed by atoms with Crippen molar-refractivity contribution >= 4 is 44.8 Å². The van der Waals surface area contributed by atoms with Crippen molar-refractivity contribution in [3.63, 3.8) is 0 Å². The third-order valence-electron chi connectivity index (χ3n) is 5.86. The minimum Gasteiger partial charge on any atom is -0.305 e. The minimum atomic E-state index is -1.28. The Labute approximate surface area is 231 Å². The first-order valence-electron chi connectivity index (χ1n) is 11.7. The Morgan fingerprint density at radius 3 is 1.97 bits per heavy atom. The molecule has 0 spiro atoms. The quantitative estimate of drug-likeness (QED) is 0.140. The van der Waals surface area contributed by atoms with Crippen LogP contribution in [0, 0.1) is 12.1 Å². The van der Waals surface area contributed by atoms with Crippen LogP contribution in [0.1, 0.15) is 0 Å². The van der Waals surface area contributed by atoms with Gasteiger partial charge in [0.1, 0.15) is 0 Å². The number of nitrogens with zero attached hydrogens (tertiary/aromatic N) is 2. The standard InChI is InChI=1S/C20H18NSSi.C11H8N.Ir/c1-23(2,3)15-9-10-16-17-12-18(14-7-5-4-6-8-14)21-13-20(17)22-19(16)11-15;1-2-6-10(7-3-1)11-8-4-5-9-12-11;/h4-7,9-13H,1-3H3;1-6,8-9H;/q2*-1;. The van der Waals surface area contributed by atoms with E-state index < -0.39 is 8.07 Å². The molecular weight excluding hydrogens is 653 g/mol.